The van der Waals surface area contributed by atoms with Crippen LogP contribution in [0.3, 0.4) is 0 Å². The molecular weight excluding hydrogens is 246 g/mol. The van der Waals surface area contributed by atoms with Gasteiger partial charge >= 0.3 is 5.97 Å². The van der Waals surface area contributed by atoms with Crippen molar-refractivity contribution < 1.29 is 14.7 Å². The summed E-state index contributed by atoms with van der Waals surface area (Å²) in [6, 6.07) is 2.75. The molecule has 7 heteroatoms. The SMILES string of the molecule is CNC(=O)CN(C)c1nc(Cl)ccc1C(=O)O. The Morgan fingerprint density at radius 3 is 2.71 bits per heavy atom. The van der Waals surface area contributed by atoms with E-state index in [1.165, 1.54) is 24.1 Å². The first-order chi connectivity index (χ1) is 7.95. The first-order valence-electron chi connectivity index (χ1n) is 4.77. The van der Waals surface area contributed by atoms with Gasteiger partial charge < -0.3 is 15.3 Å². The molecule has 0 saturated heterocycles. The molecule has 0 aliphatic carbocycles. The van der Waals surface area contributed by atoms with Gasteiger partial charge in [0.2, 0.25) is 5.91 Å². The second kappa shape index (κ2) is 5.49. The van der Waals surface area contributed by atoms with E-state index in [0.29, 0.717) is 0 Å². The standard InChI is InChI=1S/C10H12ClN3O3/c1-12-8(15)5-14(2)9-6(10(16)17)3-4-7(11)13-9/h3-4H,5H2,1-2H3,(H,12,15)(H,16,17). The summed E-state index contributed by atoms with van der Waals surface area (Å²) in [5.41, 5.74) is 0.000744. The van der Waals surface area contributed by atoms with Gasteiger partial charge in [-0.25, -0.2) is 9.78 Å². The molecule has 17 heavy (non-hydrogen) atoms. The van der Waals surface area contributed by atoms with E-state index in [2.05, 4.69) is 10.3 Å². The summed E-state index contributed by atoms with van der Waals surface area (Å²) in [4.78, 5) is 27.5. The molecule has 0 aromatic carbocycles. The number of rotatable bonds is 4. The van der Waals surface area contributed by atoms with Gasteiger partial charge in [0.1, 0.15) is 16.5 Å². The van der Waals surface area contributed by atoms with Crippen LogP contribution in [0.5, 0.6) is 0 Å². The molecule has 0 saturated carbocycles. The largest absolute Gasteiger partial charge is 0.478 e. The zero-order chi connectivity index (χ0) is 13.0. The van der Waals surface area contributed by atoms with E-state index in [-0.39, 0.29) is 29.0 Å². The molecule has 1 heterocycles. The van der Waals surface area contributed by atoms with Crippen LogP contribution in [0.15, 0.2) is 12.1 Å². The molecule has 1 aromatic heterocycles. The maximum absolute atomic E-state index is 11.2. The highest BCUT2D eigenvalue weighted by Gasteiger charge is 2.17. The smallest absolute Gasteiger partial charge is 0.339 e. The Labute approximate surface area is 103 Å². The van der Waals surface area contributed by atoms with Crippen molar-refractivity contribution in [3.8, 4) is 0 Å². The molecule has 0 radical (unpaired) electrons. The number of carbonyl (C=O) groups is 2. The van der Waals surface area contributed by atoms with Gasteiger partial charge in [-0.15, -0.1) is 0 Å². The van der Waals surface area contributed by atoms with Crippen LogP contribution >= 0.6 is 11.6 Å². The summed E-state index contributed by atoms with van der Waals surface area (Å²) in [7, 11) is 3.07. The normalized spacial score (nSPS) is 9.82. The molecule has 6 nitrogen and oxygen atoms in total. The van der Waals surface area contributed by atoms with E-state index in [9.17, 15) is 9.59 Å². The molecule has 0 aliphatic heterocycles. The molecule has 0 aliphatic rings. The van der Waals surface area contributed by atoms with E-state index >= 15 is 0 Å². The molecular formula is C10H12ClN3O3. The average molecular weight is 258 g/mol. The van der Waals surface area contributed by atoms with Crippen LogP contribution in [0.4, 0.5) is 5.82 Å². The minimum Gasteiger partial charge on any atom is -0.478 e. The van der Waals surface area contributed by atoms with Crippen molar-refractivity contribution in [1.82, 2.24) is 10.3 Å². The summed E-state index contributed by atoms with van der Waals surface area (Å²) in [5, 5.41) is 11.6. The van der Waals surface area contributed by atoms with E-state index < -0.39 is 5.97 Å². The first-order valence-corrected chi connectivity index (χ1v) is 5.15. The van der Waals surface area contributed by atoms with Crippen molar-refractivity contribution in [1.29, 1.82) is 0 Å². The van der Waals surface area contributed by atoms with Crippen LogP contribution in [0.25, 0.3) is 0 Å². The molecule has 0 atom stereocenters. The summed E-state index contributed by atoms with van der Waals surface area (Å²) >= 11 is 5.70. The molecule has 0 fully saturated rings. The highest BCUT2D eigenvalue weighted by Crippen LogP contribution is 2.19. The highest BCUT2D eigenvalue weighted by molar-refractivity contribution is 6.29. The van der Waals surface area contributed by atoms with Gasteiger partial charge in [-0.2, -0.15) is 0 Å². The summed E-state index contributed by atoms with van der Waals surface area (Å²) in [5.74, 6) is -1.20. The second-order valence-corrected chi connectivity index (χ2v) is 3.73. The number of nitrogens with zero attached hydrogens (tertiary/aromatic N) is 2. The van der Waals surface area contributed by atoms with Crippen LogP contribution in [-0.2, 0) is 4.79 Å². The minimum absolute atomic E-state index is 0.000744. The molecule has 92 valence electrons. The quantitative estimate of drug-likeness (QED) is 0.773. The van der Waals surface area contributed by atoms with Crippen molar-refractivity contribution in [2.75, 3.05) is 25.5 Å². The van der Waals surface area contributed by atoms with E-state index in [1.54, 1.807) is 7.05 Å². The Balaban J connectivity index is 3.06. The Hall–Kier alpha value is -1.82. The second-order valence-electron chi connectivity index (χ2n) is 3.34. The monoisotopic (exact) mass is 257 g/mol. The lowest BCUT2D eigenvalue weighted by Gasteiger charge is -2.18. The zero-order valence-corrected chi connectivity index (χ0v) is 10.2. The number of hydrogen-bond acceptors (Lipinski definition) is 4. The average Bonchev–Trinajstić information content (AvgIpc) is 2.28. The number of likely N-dealkylation sites (N-methyl/N-ethyl adjacent to an activating group) is 2. The summed E-state index contributed by atoms with van der Waals surface area (Å²) in [6.07, 6.45) is 0. The number of carbonyl (C=O) groups excluding carboxylic acids is 1. The van der Waals surface area contributed by atoms with Gasteiger partial charge in [-0.05, 0) is 12.1 Å². The topological polar surface area (TPSA) is 82.5 Å². The van der Waals surface area contributed by atoms with Crippen LogP contribution < -0.4 is 10.2 Å². The number of aromatic carboxylic acids is 1. The van der Waals surface area contributed by atoms with Gasteiger partial charge in [0, 0.05) is 14.1 Å². The Kier molecular flexibility index (Phi) is 4.28. The number of halogens is 1. The Bertz CT molecular complexity index is 450. The number of nitrogens with one attached hydrogen (secondary N) is 1. The fraction of sp³-hybridized carbons (Fsp3) is 0.300. The van der Waals surface area contributed by atoms with Crippen molar-refractivity contribution in [2.24, 2.45) is 0 Å². The third kappa shape index (κ3) is 3.32. The van der Waals surface area contributed by atoms with Crippen LogP contribution in [0.2, 0.25) is 5.15 Å². The van der Waals surface area contributed by atoms with Gasteiger partial charge in [0.05, 0.1) is 6.54 Å². The number of hydrogen-bond donors (Lipinski definition) is 2. The van der Waals surface area contributed by atoms with Gasteiger partial charge in [0.25, 0.3) is 0 Å². The van der Waals surface area contributed by atoms with E-state index in [0.717, 1.165) is 0 Å². The van der Waals surface area contributed by atoms with Gasteiger partial charge in [-0.1, -0.05) is 11.6 Å². The van der Waals surface area contributed by atoms with Crippen molar-refractivity contribution in [3.63, 3.8) is 0 Å². The van der Waals surface area contributed by atoms with Crippen LogP contribution in [0, 0.1) is 0 Å². The number of carboxylic acid groups (broad SMARTS) is 1. The maximum Gasteiger partial charge on any atom is 0.339 e. The van der Waals surface area contributed by atoms with Crippen molar-refractivity contribution >= 4 is 29.3 Å². The fourth-order valence-electron chi connectivity index (χ4n) is 1.25. The molecule has 2 N–H and O–H groups in total. The van der Waals surface area contributed by atoms with Crippen molar-refractivity contribution in [3.05, 3.63) is 22.8 Å². The first kappa shape index (κ1) is 13.2. The predicted octanol–water partition coefficient (Wildman–Crippen LogP) is 0.615. The minimum atomic E-state index is -1.12. The lowest BCUT2D eigenvalue weighted by Crippen LogP contribution is -2.34. The number of amides is 1. The third-order valence-corrected chi connectivity index (χ3v) is 2.30. The maximum atomic E-state index is 11.2. The Morgan fingerprint density at radius 2 is 2.18 bits per heavy atom. The highest BCUT2D eigenvalue weighted by atomic mass is 35.5. The molecule has 1 rings (SSSR count). The van der Waals surface area contributed by atoms with Crippen molar-refractivity contribution in [2.45, 2.75) is 0 Å². The molecule has 0 unspecified atom stereocenters. The van der Waals surface area contributed by atoms with Gasteiger partial charge in [-0.3, -0.25) is 4.79 Å². The summed E-state index contributed by atoms with van der Waals surface area (Å²) < 4.78 is 0. The molecule has 0 spiro atoms. The Morgan fingerprint density at radius 1 is 1.53 bits per heavy atom. The fourth-order valence-corrected chi connectivity index (χ4v) is 1.40. The molecule has 0 bridgehead atoms. The van der Waals surface area contributed by atoms with Crippen LogP contribution in [0.1, 0.15) is 10.4 Å². The number of anilines is 1. The third-order valence-electron chi connectivity index (χ3n) is 2.09. The van der Waals surface area contributed by atoms with Gasteiger partial charge in [0.15, 0.2) is 0 Å². The zero-order valence-electron chi connectivity index (χ0n) is 9.40. The molecule has 1 aromatic rings. The number of aromatic nitrogens is 1. The lowest BCUT2D eigenvalue weighted by atomic mass is 10.2. The number of pyridine rings is 1. The van der Waals surface area contributed by atoms with Crippen LogP contribution in [-0.4, -0.2) is 42.6 Å². The summed E-state index contributed by atoms with van der Waals surface area (Å²) in [6.45, 7) is 0.00409. The van der Waals surface area contributed by atoms with E-state index in [4.69, 9.17) is 16.7 Å². The molecule has 1 amide bonds. The number of carboxylic acids is 1. The lowest BCUT2D eigenvalue weighted by molar-refractivity contribution is -0.119. The predicted molar refractivity (Wildman–Crippen MR) is 63.5 cm³/mol. The van der Waals surface area contributed by atoms with E-state index in [1.807, 2.05) is 0 Å².